The lowest BCUT2D eigenvalue weighted by Crippen LogP contribution is -2.50. The van der Waals surface area contributed by atoms with Crippen LogP contribution in [0, 0.1) is 0 Å². The second kappa shape index (κ2) is 5.10. The highest BCUT2D eigenvalue weighted by Crippen LogP contribution is 2.18. The molecule has 0 aromatic carbocycles. The highest BCUT2D eigenvalue weighted by Gasteiger charge is 2.25. The first kappa shape index (κ1) is 10.4. The van der Waals surface area contributed by atoms with E-state index in [0.29, 0.717) is 0 Å². The van der Waals surface area contributed by atoms with Crippen LogP contribution in [0.3, 0.4) is 0 Å². The smallest absolute Gasteiger partial charge is 0.0620 e. The van der Waals surface area contributed by atoms with Crippen LogP contribution >= 0.6 is 0 Å². The standard InChI is InChI=1S/C11H23N3/c1-13-8-3-2-5-11(13)14-9-4-6-12-7-10-14/h11-12H,2-10H2,1H3. The van der Waals surface area contributed by atoms with E-state index in [2.05, 4.69) is 22.2 Å². The molecule has 0 saturated carbocycles. The molecule has 1 atom stereocenters. The molecule has 2 rings (SSSR count). The third-order valence-corrected chi connectivity index (χ3v) is 3.53. The van der Waals surface area contributed by atoms with Crippen molar-refractivity contribution in [3.05, 3.63) is 0 Å². The van der Waals surface area contributed by atoms with Crippen molar-refractivity contribution >= 4 is 0 Å². The van der Waals surface area contributed by atoms with Crippen LogP contribution in [0.5, 0.6) is 0 Å². The quantitative estimate of drug-likeness (QED) is 0.668. The summed E-state index contributed by atoms with van der Waals surface area (Å²) in [6, 6.07) is 0. The molecule has 82 valence electrons. The van der Waals surface area contributed by atoms with E-state index in [-0.39, 0.29) is 0 Å². The molecule has 2 aliphatic rings. The summed E-state index contributed by atoms with van der Waals surface area (Å²) in [4.78, 5) is 5.20. The molecule has 0 aromatic heterocycles. The van der Waals surface area contributed by atoms with Crippen LogP contribution in [-0.2, 0) is 0 Å². The Bertz CT molecular complexity index is 164. The number of nitrogens with zero attached hydrogens (tertiary/aromatic N) is 2. The lowest BCUT2D eigenvalue weighted by molar-refractivity contribution is 0.0363. The second-order valence-electron chi connectivity index (χ2n) is 4.60. The number of piperidine rings is 1. The molecule has 3 nitrogen and oxygen atoms in total. The lowest BCUT2D eigenvalue weighted by atomic mass is 10.1. The van der Waals surface area contributed by atoms with E-state index in [1.54, 1.807) is 0 Å². The summed E-state index contributed by atoms with van der Waals surface area (Å²) in [7, 11) is 2.28. The molecule has 1 N–H and O–H groups in total. The van der Waals surface area contributed by atoms with Crippen molar-refractivity contribution in [3.8, 4) is 0 Å². The van der Waals surface area contributed by atoms with Gasteiger partial charge in [0.15, 0.2) is 0 Å². The maximum Gasteiger partial charge on any atom is 0.0620 e. The first-order chi connectivity index (χ1) is 6.88. The first-order valence-corrected chi connectivity index (χ1v) is 6.03. The fourth-order valence-corrected chi connectivity index (χ4v) is 2.68. The zero-order chi connectivity index (χ0) is 9.80. The zero-order valence-corrected chi connectivity index (χ0v) is 9.34. The Labute approximate surface area is 87.4 Å². The second-order valence-corrected chi connectivity index (χ2v) is 4.60. The fraction of sp³-hybridized carbons (Fsp3) is 1.00. The highest BCUT2D eigenvalue weighted by molar-refractivity contribution is 4.77. The van der Waals surface area contributed by atoms with Gasteiger partial charge in [-0.05, 0) is 45.8 Å². The summed E-state index contributed by atoms with van der Waals surface area (Å²) in [6.07, 6.45) is 6.21. The largest absolute Gasteiger partial charge is 0.315 e. The number of hydrogen-bond acceptors (Lipinski definition) is 3. The SMILES string of the molecule is CN1CCCCC1N1CCCNCC1. The Morgan fingerprint density at radius 2 is 1.93 bits per heavy atom. The number of nitrogens with one attached hydrogen (secondary N) is 1. The Balaban J connectivity index is 1.90. The summed E-state index contributed by atoms with van der Waals surface area (Å²) >= 11 is 0. The van der Waals surface area contributed by atoms with Crippen molar-refractivity contribution in [3.63, 3.8) is 0 Å². The van der Waals surface area contributed by atoms with Gasteiger partial charge >= 0.3 is 0 Å². The maximum absolute atomic E-state index is 3.47. The lowest BCUT2D eigenvalue weighted by Gasteiger charge is -2.40. The van der Waals surface area contributed by atoms with E-state index in [1.165, 1.54) is 58.4 Å². The van der Waals surface area contributed by atoms with Gasteiger partial charge in [0, 0.05) is 19.6 Å². The molecule has 1 unspecified atom stereocenters. The Morgan fingerprint density at radius 1 is 1.00 bits per heavy atom. The summed E-state index contributed by atoms with van der Waals surface area (Å²) in [6.45, 7) is 6.17. The summed E-state index contributed by atoms with van der Waals surface area (Å²) in [5.74, 6) is 0. The molecule has 14 heavy (non-hydrogen) atoms. The first-order valence-electron chi connectivity index (χ1n) is 6.03. The minimum Gasteiger partial charge on any atom is -0.315 e. The molecular weight excluding hydrogens is 174 g/mol. The number of rotatable bonds is 1. The van der Waals surface area contributed by atoms with E-state index in [4.69, 9.17) is 0 Å². The third-order valence-electron chi connectivity index (χ3n) is 3.53. The van der Waals surface area contributed by atoms with Crippen LogP contribution in [0.15, 0.2) is 0 Å². The molecular formula is C11H23N3. The van der Waals surface area contributed by atoms with E-state index in [9.17, 15) is 0 Å². The zero-order valence-electron chi connectivity index (χ0n) is 9.34. The molecule has 0 aromatic rings. The van der Waals surface area contributed by atoms with Gasteiger partial charge in [-0.2, -0.15) is 0 Å². The summed E-state index contributed by atoms with van der Waals surface area (Å²) in [5.41, 5.74) is 0. The normalized spacial score (nSPS) is 32.8. The summed E-state index contributed by atoms with van der Waals surface area (Å²) in [5, 5.41) is 3.47. The topological polar surface area (TPSA) is 18.5 Å². The Kier molecular flexibility index (Phi) is 3.79. The predicted octanol–water partition coefficient (Wildman–Crippen LogP) is 0.724. The minimum absolute atomic E-state index is 0.726. The number of hydrogen-bond donors (Lipinski definition) is 1. The van der Waals surface area contributed by atoms with Crippen molar-refractivity contribution in [2.24, 2.45) is 0 Å². The van der Waals surface area contributed by atoms with Crippen molar-refractivity contribution in [2.45, 2.75) is 31.8 Å². The molecule has 2 saturated heterocycles. The Morgan fingerprint density at radius 3 is 2.79 bits per heavy atom. The van der Waals surface area contributed by atoms with Crippen LogP contribution in [-0.4, -0.2) is 55.7 Å². The van der Waals surface area contributed by atoms with Crippen LogP contribution in [0.25, 0.3) is 0 Å². The fourth-order valence-electron chi connectivity index (χ4n) is 2.68. The van der Waals surface area contributed by atoms with Crippen LogP contribution < -0.4 is 5.32 Å². The average Bonchev–Trinajstić information content (AvgIpc) is 2.47. The van der Waals surface area contributed by atoms with Gasteiger partial charge in [-0.1, -0.05) is 0 Å². The molecule has 2 fully saturated rings. The molecule has 2 aliphatic heterocycles. The van der Waals surface area contributed by atoms with Gasteiger partial charge in [0.05, 0.1) is 6.17 Å². The van der Waals surface area contributed by atoms with Crippen LogP contribution in [0.4, 0.5) is 0 Å². The monoisotopic (exact) mass is 197 g/mol. The van der Waals surface area contributed by atoms with Gasteiger partial charge in [0.1, 0.15) is 0 Å². The van der Waals surface area contributed by atoms with Crippen LogP contribution in [0.2, 0.25) is 0 Å². The van der Waals surface area contributed by atoms with E-state index >= 15 is 0 Å². The van der Waals surface area contributed by atoms with Gasteiger partial charge in [-0.3, -0.25) is 9.80 Å². The van der Waals surface area contributed by atoms with Gasteiger partial charge in [-0.15, -0.1) is 0 Å². The molecule has 3 heteroatoms. The summed E-state index contributed by atoms with van der Waals surface area (Å²) < 4.78 is 0. The molecule has 0 aliphatic carbocycles. The number of likely N-dealkylation sites (tertiary alicyclic amines) is 1. The Hall–Kier alpha value is -0.120. The van der Waals surface area contributed by atoms with Gasteiger partial charge in [0.2, 0.25) is 0 Å². The molecule has 0 radical (unpaired) electrons. The van der Waals surface area contributed by atoms with Gasteiger partial charge in [-0.25, -0.2) is 0 Å². The average molecular weight is 197 g/mol. The maximum atomic E-state index is 3.47. The minimum atomic E-state index is 0.726. The molecule has 0 amide bonds. The van der Waals surface area contributed by atoms with Crippen molar-refractivity contribution in [2.75, 3.05) is 39.8 Å². The van der Waals surface area contributed by atoms with Crippen molar-refractivity contribution in [1.29, 1.82) is 0 Å². The van der Waals surface area contributed by atoms with E-state index in [1.807, 2.05) is 0 Å². The van der Waals surface area contributed by atoms with Gasteiger partial charge < -0.3 is 5.32 Å². The molecule has 0 bridgehead atoms. The van der Waals surface area contributed by atoms with Gasteiger partial charge in [0.25, 0.3) is 0 Å². The predicted molar refractivity (Wildman–Crippen MR) is 59.3 cm³/mol. The van der Waals surface area contributed by atoms with Crippen molar-refractivity contribution in [1.82, 2.24) is 15.1 Å². The molecule has 0 spiro atoms. The van der Waals surface area contributed by atoms with E-state index < -0.39 is 0 Å². The molecule has 2 heterocycles. The highest BCUT2D eigenvalue weighted by atomic mass is 15.3. The van der Waals surface area contributed by atoms with Crippen LogP contribution in [0.1, 0.15) is 25.7 Å². The van der Waals surface area contributed by atoms with Crippen molar-refractivity contribution < 1.29 is 0 Å². The third kappa shape index (κ3) is 2.47. The van der Waals surface area contributed by atoms with E-state index in [0.717, 1.165) is 6.17 Å².